The molecule has 4 aromatic heterocycles. The van der Waals surface area contributed by atoms with Gasteiger partial charge < -0.3 is 4.57 Å². The number of imidazole rings is 1. The molecular weight excluding hydrogens is 459 g/mol. The molecule has 0 saturated heterocycles. The normalized spacial score (nSPS) is 12.2. The standard InChI is InChI=1S/C20H20F3N7O4/c1-4-5-8-29-15-13(16(31)26-18(29)33)27(2)12(25-15)9-30-17(32)10-6-7-11(20(21,22)23)24-14(10)28(3)19(30)34/h6-7H,4-5,8-9H2,1-3H3,(H,26,31,33). The second kappa shape index (κ2) is 8.11. The Hall–Kier alpha value is -3.97. The number of aromatic amines is 1. The molecule has 0 amide bonds. The fourth-order valence-corrected chi connectivity index (χ4v) is 3.77. The average Bonchev–Trinajstić information content (AvgIpc) is 3.10. The van der Waals surface area contributed by atoms with E-state index in [4.69, 9.17) is 0 Å². The topological polar surface area (TPSA) is 130 Å². The summed E-state index contributed by atoms with van der Waals surface area (Å²) in [6.07, 6.45) is -3.29. The molecule has 4 heterocycles. The Morgan fingerprint density at radius 1 is 0.971 bits per heavy atom. The molecule has 14 heteroatoms. The SMILES string of the molecule is CCCCn1c(=O)[nH]c(=O)c2c1nc(Cn1c(=O)c3ccc(C(F)(F)F)nc3n(C)c1=O)n2C. The van der Waals surface area contributed by atoms with Gasteiger partial charge in [-0.05, 0) is 18.6 Å². The maximum absolute atomic E-state index is 13.0. The van der Waals surface area contributed by atoms with E-state index in [1.165, 1.54) is 23.2 Å². The van der Waals surface area contributed by atoms with E-state index < -0.39 is 40.0 Å². The minimum atomic E-state index is -4.74. The van der Waals surface area contributed by atoms with Crippen LogP contribution in [0.15, 0.2) is 31.3 Å². The number of fused-ring (bicyclic) bond motifs is 2. The molecule has 0 aromatic carbocycles. The molecule has 0 aliphatic heterocycles. The molecule has 0 bridgehead atoms. The largest absolute Gasteiger partial charge is 0.433 e. The Morgan fingerprint density at radius 2 is 1.68 bits per heavy atom. The van der Waals surface area contributed by atoms with Gasteiger partial charge in [-0.15, -0.1) is 0 Å². The first kappa shape index (κ1) is 23.2. The van der Waals surface area contributed by atoms with Gasteiger partial charge in [0, 0.05) is 20.6 Å². The number of nitrogens with zero attached hydrogens (tertiary/aromatic N) is 6. The summed E-state index contributed by atoms with van der Waals surface area (Å²) in [6.45, 7) is 1.87. The number of aryl methyl sites for hydroxylation is 3. The molecule has 11 nitrogen and oxygen atoms in total. The zero-order valence-corrected chi connectivity index (χ0v) is 18.4. The number of unbranched alkanes of at least 4 members (excludes halogenated alkanes) is 1. The Labute approximate surface area is 187 Å². The fourth-order valence-electron chi connectivity index (χ4n) is 3.77. The van der Waals surface area contributed by atoms with Crippen molar-refractivity contribution in [3.63, 3.8) is 0 Å². The second-order valence-corrected chi connectivity index (χ2v) is 7.82. The highest BCUT2D eigenvalue weighted by Gasteiger charge is 2.33. The van der Waals surface area contributed by atoms with E-state index in [0.717, 1.165) is 21.6 Å². The van der Waals surface area contributed by atoms with E-state index in [1.54, 1.807) is 0 Å². The van der Waals surface area contributed by atoms with Crippen LogP contribution in [-0.4, -0.2) is 33.2 Å². The summed E-state index contributed by atoms with van der Waals surface area (Å²) in [7, 11) is 2.71. The van der Waals surface area contributed by atoms with Gasteiger partial charge >= 0.3 is 17.6 Å². The zero-order chi connectivity index (χ0) is 24.9. The van der Waals surface area contributed by atoms with Crippen molar-refractivity contribution in [3.8, 4) is 0 Å². The molecule has 0 spiro atoms. The van der Waals surface area contributed by atoms with Crippen LogP contribution in [0.3, 0.4) is 0 Å². The van der Waals surface area contributed by atoms with Crippen molar-refractivity contribution in [1.82, 2.24) is 33.2 Å². The highest BCUT2D eigenvalue weighted by atomic mass is 19.4. The highest BCUT2D eigenvalue weighted by molar-refractivity contribution is 5.74. The lowest BCUT2D eigenvalue weighted by Crippen LogP contribution is -2.40. The Morgan fingerprint density at radius 3 is 2.32 bits per heavy atom. The highest BCUT2D eigenvalue weighted by Crippen LogP contribution is 2.28. The molecule has 0 saturated carbocycles. The monoisotopic (exact) mass is 479 g/mol. The molecule has 0 atom stereocenters. The van der Waals surface area contributed by atoms with Crippen LogP contribution >= 0.6 is 0 Å². The van der Waals surface area contributed by atoms with Gasteiger partial charge in [0.15, 0.2) is 11.2 Å². The van der Waals surface area contributed by atoms with E-state index in [0.29, 0.717) is 19.0 Å². The van der Waals surface area contributed by atoms with Crippen LogP contribution in [0.2, 0.25) is 0 Å². The molecular formula is C20H20F3N7O4. The Balaban J connectivity index is 1.91. The first-order chi connectivity index (χ1) is 16.0. The molecule has 0 fully saturated rings. The van der Waals surface area contributed by atoms with Crippen LogP contribution in [0.25, 0.3) is 22.2 Å². The smallest absolute Gasteiger partial charge is 0.324 e. The number of pyridine rings is 1. The van der Waals surface area contributed by atoms with Gasteiger partial charge in [-0.3, -0.25) is 28.3 Å². The van der Waals surface area contributed by atoms with Crippen molar-refractivity contribution >= 4 is 22.2 Å². The van der Waals surface area contributed by atoms with Crippen LogP contribution in [0.4, 0.5) is 13.2 Å². The Bertz CT molecular complexity index is 1670. The summed E-state index contributed by atoms with van der Waals surface area (Å²) < 4.78 is 43.4. The summed E-state index contributed by atoms with van der Waals surface area (Å²) in [6, 6.07) is 1.63. The minimum absolute atomic E-state index is 0.0906. The predicted molar refractivity (Wildman–Crippen MR) is 116 cm³/mol. The second-order valence-electron chi connectivity index (χ2n) is 7.82. The quantitative estimate of drug-likeness (QED) is 0.449. The third kappa shape index (κ3) is 3.64. The molecule has 0 radical (unpaired) electrons. The van der Waals surface area contributed by atoms with Crippen LogP contribution in [0.1, 0.15) is 31.3 Å². The number of hydrogen-bond acceptors (Lipinski definition) is 6. The molecule has 4 aromatic rings. The van der Waals surface area contributed by atoms with E-state index in [9.17, 15) is 32.3 Å². The number of aromatic nitrogens is 7. The fraction of sp³-hybridized carbons (Fsp3) is 0.400. The minimum Gasteiger partial charge on any atom is -0.324 e. The van der Waals surface area contributed by atoms with Gasteiger partial charge in [-0.1, -0.05) is 13.3 Å². The van der Waals surface area contributed by atoms with Crippen LogP contribution in [0.5, 0.6) is 0 Å². The van der Waals surface area contributed by atoms with Crippen LogP contribution in [0, 0.1) is 0 Å². The average molecular weight is 479 g/mol. The van der Waals surface area contributed by atoms with Crippen molar-refractivity contribution in [3.05, 3.63) is 65.3 Å². The van der Waals surface area contributed by atoms with Crippen molar-refractivity contribution in [2.45, 2.75) is 39.0 Å². The lowest BCUT2D eigenvalue weighted by molar-refractivity contribution is -0.141. The number of H-pyrrole nitrogens is 1. The third-order valence-electron chi connectivity index (χ3n) is 5.62. The zero-order valence-electron chi connectivity index (χ0n) is 18.4. The molecule has 180 valence electrons. The van der Waals surface area contributed by atoms with E-state index in [2.05, 4.69) is 15.0 Å². The molecule has 1 N–H and O–H groups in total. The summed E-state index contributed by atoms with van der Waals surface area (Å²) >= 11 is 0. The summed E-state index contributed by atoms with van der Waals surface area (Å²) in [5.74, 6) is 0.134. The van der Waals surface area contributed by atoms with Crippen LogP contribution in [-0.2, 0) is 33.4 Å². The van der Waals surface area contributed by atoms with E-state index in [1.807, 2.05) is 6.92 Å². The van der Waals surface area contributed by atoms with E-state index in [-0.39, 0.29) is 28.9 Å². The maximum atomic E-state index is 13.0. The van der Waals surface area contributed by atoms with Crippen molar-refractivity contribution < 1.29 is 13.2 Å². The van der Waals surface area contributed by atoms with Gasteiger partial charge in [0.25, 0.3) is 11.1 Å². The number of nitrogens with one attached hydrogen (secondary N) is 1. The third-order valence-corrected chi connectivity index (χ3v) is 5.62. The molecule has 0 aliphatic rings. The lowest BCUT2D eigenvalue weighted by Gasteiger charge is -2.12. The van der Waals surface area contributed by atoms with Gasteiger partial charge in [0.1, 0.15) is 17.2 Å². The Kier molecular flexibility index (Phi) is 5.53. The first-order valence-corrected chi connectivity index (χ1v) is 10.3. The number of halogens is 3. The molecule has 34 heavy (non-hydrogen) atoms. The predicted octanol–water partition coefficient (Wildman–Crippen LogP) is 0.699. The molecule has 0 unspecified atom stereocenters. The first-order valence-electron chi connectivity index (χ1n) is 10.3. The van der Waals surface area contributed by atoms with Crippen molar-refractivity contribution in [2.24, 2.45) is 14.1 Å². The van der Waals surface area contributed by atoms with Crippen LogP contribution < -0.4 is 22.5 Å². The van der Waals surface area contributed by atoms with Crippen molar-refractivity contribution in [2.75, 3.05) is 0 Å². The van der Waals surface area contributed by atoms with Gasteiger partial charge in [0.2, 0.25) is 0 Å². The van der Waals surface area contributed by atoms with E-state index >= 15 is 0 Å². The number of hydrogen-bond donors (Lipinski definition) is 1. The maximum Gasteiger partial charge on any atom is 0.433 e. The number of rotatable bonds is 5. The lowest BCUT2D eigenvalue weighted by atomic mass is 10.2. The van der Waals surface area contributed by atoms with Crippen molar-refractivity contribution in [1.29, 1.82) is 0 Å². The van der Waals surface area contributed by atoms with Gasteiger partial charge in [-0.2, -0.15) is 13.2 Å². The molecule has 0 aliphatic carbocycles. The number of alkyl halides is 3. The van der Waals surface area contributed by atoms with Gasteiger partial charge in [-0.25, -0.2) is 19.6 Å². The van der Waals surface area contributed by atoms with Gasteiger partial charge in [0.05, 0.1) is 11.9 Å². The summed E-state index contributed by atoms with van der Waals surface area (Å²) in [5, 5.41) is -0.188. The summed E-state index contributed by atoms with van der Waals surface area (Å²) in [4.78, 5) is 60.6. The summed E-state index contributed by atoms with van der Waals surface area (Å²) in [5.41, 5.74) is -4.49. The molecule has 4 rings (SSSR count).